The lowest BCUT2D eigenvalue weighted by Gasteiger charge is -2.10. The zero-order valence-electron chi connectivity index (χ0n) is 12.0. The van der Waals surface area contributed by atoms with E-state index >= 15 is 0 Å². The highest BCUT2D eigenvalue weighted by Gasteiger charge is 2.06. The Morgan fingerprint density at radius 2 is 2.05 bits per heavy atom. The van der Waals surface area contributed by atoms with E-state index in [-0.39, 0.29) is 11.6 Å². The van der Waals surface area contributed by atoms with Gasteiger partial charge in [-0.1, -0.05) is 19.9 Å². The lowest BCUT2D eigenvalue weighted by Crippen LogP contribution is -2.21. The molecule has 1 N–H and O–H groups in total. The van der Waals surface area contributed by atoms with Crippen LogP contribution in [-0.4, -0.2) is 11.0 Å². The van der Waals surface area contributed by atoms with Gasteiger partial charge in [0, 0.05) is 24.8 Å². The van der Waals surface area contributed by atoms with E-state index in [9.17, 15) is 4.39 Å². The highest BCUT2D eigenvalue weighted by molar-refractivity contribution is 5.33. The Hall–Kier alpha value is -1.94. The van der Waals surface area contributed by atoms with E-state index in [0.717, 1.165) is 17.7 Å². The van der Waals surface area contributed by atoms with Crippen LogP contribution < -0.4 is 10.1 Å². The molecule has 0 spiro atoms. The maximum absolute atomic E-state index is 13.6. The van der Waals surface area contributed by atoms with Crippen molar-refractivity contribution in [2.24, 2.45) is 0 Å². The molecule has 2 aromatic rings. The van der Waals surface area contributed by atoms with Gasteiger partial charge in [0.05, 0.1) is 0 Å². The standard InChI is InChI=1S/C16H19FN2O/c1-11(2)19-10-13-6-7-18-16(9-13)20-15-8-12(3)4-5-14(15)17/h4-9,11,19H,10H2,1-3H3. The molecule has 1 heterocycles. The first-order chi connectivity index (χ1) is 9.54. The van der Waals surface area contributed by atoms with Crippen LogP contribution in [0.3, 0.4) is 0 Å². The van der Waals surface area contributed by atoms with Crippen LogP contribution in [0.25, 0.3) is 0 Å². The molecule has 20 heavy (non-hydrogen) atoms. The van der Waals surface area contributed by atoms with E-state index in [1.165, 1.54) is 6.07 Å². The predicted octanol–water partition coefficient (Wildman–Crippen LogP) is 3.82. The number of hydrogen-bond acceptors (Lipinski definition) is 3. The topological polar surface area (TPSA) is 34.1 Å². The minimum Gasteiger partial charge on any atom is -0.436 e. The van der Waals surface area contributed by atoms with Crippen molar-refractivity contribution in [1.29, 1.82) is 0 Å². The Kier molecular flexibility index (Phi) is 4.69. The zero-order chi connectivity index (χ0) is 14.5. The molecule has 0 aliphatic carbocycles. The number of nitrogens with one attached hydrogen (secondary N) is 1. The van der Waals surface area contributed by atoms with Crippen molar-refractivity contribution >= 4 is 0 Å². The first-order valence-electron chi connectivity index (χ1n) is 6.67. The molecule has 0 saturated carbocycles. The molecular formula is C16H19FN2O. The Morgan fingerprint density at radius 1 is 1.25 bits per heavy atom. The van der Waals surface area contributed by atoms with Crippen molar-refractivity contribution in [3.63, 3.8) is 0 Å². The summed E-state index contributed by atoms with van der Waals surface area (Å²) in [5.74, 6) is 0.215. The molecule has 3 nitrogen and oxygen atoms in total. The van der Waals surface area contributed by atoms with E-state index in [2.05, 4.69) is 24.1 Å². The van der Waals surface area contributed by atoms with Crippen molar-refractivity contribution in [1.82, 2.24) is 10.3 Å². The minimum absolute atomic E-state index is 0.200. The van der Waals surface area contributed by atoms with Crippen LogP contribution in [0.4, 0.5) is 4.39 Å². The Morgan fingerprint density at radius 3 is 2.80 bits per heavy atom. The number of pyridine rings is 1. The van der Waals surface area contributed by atoms with Gasteiger partial charge in [0.25, 0.3) is 0 Å². The Labute approximate surface area is 118 Å². The summed E-state index contributed by atoms with van der Waals surface area (Å²) in [6, 6.07) is 8.90. The number of halogens is 1. The Balaban J connectivity index is 2.13. The van der Waals surface area contributed by atoms with E-state index in [4.69, 9.17) is 4.74 Å². The van der Waals surface area contributed by atoms with Gasteiger partial charge in [-0.15, -0.1) is 0 Å². The lowest BCUT2D eigenvalue weighted by molar-refractivity contribution is 0.426. The fourth-order valence-corrected chi connectivity index (χ4v) is 1.74. The van der Waals surface area contributed by atoms with Crippen LogP contribution in [0.5, 0.6) is 11.6 Å². The molecule has 0 radical (unpaired) electrons. The molecular weight excluding hydrogens is 255 g/mol. The summed E-state index contributed by atoms with van der Waals surface area (Å²) in [6.45, 7) is 6.79. The second-order valence-electron chi connectivity index (χ2n) is 5.07. The molecule has 0 aliphatic heterocycles. The molecule has 106 valence electrons. The molecule has 0 fully saturated rings. The fourth-order valence-electron chi connectivity index (χ4n) is 1.74. The van der Waals surface area contributed by atoms with Crippen LogP contribution in [0.1, 0.15) is 25.0 Å². The van der Waals surface area contributed by atoms with Crippen molar-refractivity contribution in [3.8, 4) is 11.6 Å². The van der Waals surface area contributed by atoms with Crippen LogP contribution in [0.15, 0.2) is 36.5 Å². The highest BCUT2D eigenvalue weighted by Crippen LogP contribution is 2.24. The summed E-state index contributed by atoms with van der Waals surface area (Å²) in [5.41, 5.74) is 2.00. The summed E-state index contributed by atoms with van der Waals surface area (Å²) in [6.07, 6.45) is 1.67. The van der Waals surface area contributed by atoms with Gasteiger partial charge in [0.1, 0.15) is 0 Å². The summed E-state index contributed by atoms with van der Waals surface area (Å²) < 4.78 is 19.2. The van der Waals surface area contributed by atoms with Gasteiger partial charge in [-0.05, 0) is 36.2 Å². The summed E-state index contributed by atoms with van der Waals surface area (Å²) in [4.78, 5) is 4.12. The molecule has 4 heteroatoms. The van der Waals surface area contributed by atoms with Gasteiger partial charge >= 0.3 is 0 Å². The number of nitrogens with zero attached hydrogens (tertiary/aromatic N) is 1. The molecule has 0 bridgehead atoms. The third-order valence-electron chi connectivity index (χ3n) is 2.81. The van der Waals surface area contributed by atoms with Crippen LogP contribution >= 0.6 is 0 Å². The first-order valence-corrected chi connectivity index (χ1v) is 6.67. The number of ether oxygens (including phenoxy) is 1. The van der Waals surface area contributed by atoms with Gasteiger partial charge in [0.2, 0.25) is 5.88 Å². The normalized spacial score (nSPS) is 10.8. The molecule has 0 aliphatic rings. The molecule has 2 rings (SSSR count). The highest BCUT2D eigenvalue weighted by atomic mass is 19.1. The van der Waals surface area contributed by atoms with Crippen molar-refractivity contribution in [3.05, 3.63) is 53.5 Å². The summed E-state index contributed by atoms with van der Waals surface area (Å²) in [7, 11) is 0. The van der Waals surface area contributed by atoms with E-state index < -0.39 is 0 Å². The van der Waals surface area contributed by atoms with Crippen molar-refractivity contribution in [2.75, 3.05) is 0 Å². The molecule has 0 atom stereocenters. The van der Waals surface area contributed by atoms with Gasteiger partial charge in [-0.2, -0.15) is 0 Å². The van der Waals surface area contributed by atoms with E-state index in [1.54, 1.807) is 18.3 Å². The molecule has 0 unspecified atom stereocenters. The second-order valence-corrected chi connectivity index (χ2v) is 5.07. The van der Waals surface area contributed by atoms with Crippen LogP contribution in [0, 0.1) is 12.7 Å². The van der Waals surface area contributed by atoms with Gasteiger partial charge in [-0.25, -0.2) is 9.37 Å². The first kappa shape index (κ1) is 14.5. The smallest absolute Gasteiger partial charge is 0.219 e. The van der Waals surface area contributed by atoms with Gasteiger partial charge in [0.15, 0.2) is 11.6 Å². The maximum atomic E-state index is 13.6. The maximum Gasteiger partial charge on any atom is 0.219 e. The quantitative estimate of drug-likeness (QED) is 0.900. The predicted molar refractivity (Wildman–Crippen MR) is 77.4 cm³/mol. The monoisotopic (exact) mass is 274 g/mol. The molecule has 0 saturated heterocycles. The largest absolute Gasteiger partial charge is 0.436 e. The van der Waals surface area contributed by atoms with Crippen molar-refractivity contribution in [2.45, 2.75) is 33.4 Å². The number of aryl methyl sites for hydroxylation is 1. The van der Waals surface area contributed by atoms with Crippen LogP contribution in [-0.2, 0) is 6.54 Å². The number of benzene rings is 1. The van der Waals surface area contributed by atoms with Gasteiger partial charge in [-0.3, -0.25) is 0 Å². The van der Waals surface area contributed by atoms with Gasteiger partial charge < -0.3 is 10.1 Å². The van der Waals surface area contributed by atoms with E-state index in [0.29, 0.717) is 11.9 Å². The lowest BCUT2D eigenvalue weighted by atomic mass is 10.2. The molecule has 1 aromatic carbocycles. The summed E-state index contributed by atoms with van der Waals surface area (Å²) in [5, 5.41) is 3.32. The molecule has 1 aromatic heterocycles. The average Bonchev–Trinajstić information content (AvgIpc) is 2.41. The molecule has 0 amide bonds. The van der Waals surface area contributed by atoms with Crippen LogP contribution in [0.2, 0.25) is 0 Å². The fraction of sp³-hybridized carbons (Fsp3) is 0.312. The SMILES string of the molecule is Cc1ccc(F)c(Oc2cc(CNC(C)C)ccn2)c1. The third-order valence-corrected chi connectivity index (χ3v) is 2.81. The Bertz CT molecular complexity index is 584. The zero-order valence-corrected chi connectivity index (χ0v) is 12.0. The summed E-state index contributed by atoms with van der Waals surface area (Å²) >= 11 is 0. The number of hydrogen-bond donors (Lipinski definition) is 1. The average molecular weight is 274 g/mol. The number of rotatable bonds is 5. The van der Waals surface area contributed by atoms with E-state index in [1.807, 2.05) is 19.1 Å². The minimum atomic E-state index is -0.386. The van der Waals surface area contributed by atoms with Crippen molar-refractivity contribution < 1.29 is 9.13 Å². The third kappa shape index (κ3) is 4.03. The second kappa shape index (κ2) is 6.48. The number of aromatic nitrogens is 1.